The van der Waals surface area contributed by atoms with Gasteiger partial charge in [-0.25, -0.2) is 14.4 Å². The molecule has 0 bridgehead atoms. The summed E-state index contributed by atoms with van der Waals surface area (Å²) in [4.78, 5) is 118. The summed E-state index contributed by atoms with van der Waals surface area (Å²) in [5.41, 5.74) is 12.1. The Labute approximate surface area is 713 Å². The molecule has 606 valence electrons. The Kier molecular flexibility index (Phi) is 31.6. The van der Waals surface area contributed by atoms with Crippen LogP contribution in [0.25, 0.3) is 0 Å². The van der Waals surface area contributed by atoms with Gasteiger partial charge in [-0.3, -0.25) is 14.4 Å². The van der Waals surface area contributed by atoms with Gasteiger partial charge in [0.25, 0.3) is 15.3 Å². The molecule has 3 aliphatic heterocycles. The number of nitrogen functional groups attached to an aromatic ring is 2. The summed E-state index contributed by atoms with van der Waals surface area (Å²) in [5.74, 6) is -3.07. The van der Waals surface area contributed by atoms with E-state index in [9.17, 15) is 74.4 Å². The Morgan fingerprint density at radius 2 is 0.586 bits per heavy atom. The van der Waals surface area contributed by atoms with Crippen LogP contribution in [0.2, 0.25) is 0 Å². The number of carbonyl (C=O) groups is 6. The fourth-order valence-corrected chi connectivity index (χ4v) is 137. The van der Waals surface area contributed by atoms with Crippen LogP contribution < -0.4 is 71.7 Å². The first kappa shape index (κ1) is 90.7. The fraction of sp³-hybridized carbons (Fsp3) is 0.130. The summed E-state index contributed by atoms with van der Waals surface area (Å²) < 4.78 is 20.4. The van der Waals surface area contributed by atoms with Crippen LogP contribution in [0.3, 0.4) is 0 Å². The van der Waals surface area contributed by atoms with Gasteiger partial charge in [0.2, 0.25) is 0 Å². The van der Waals surface area contributed by atoms with Gasteiger partial charge in [0.1, 0.15) is 68.4 Å². The predicted molar refractivity (Wildman–Crippen MR) is 479 cm³/mol. The van der Waals surface area contributed by atoms with Crippen LogP contribution in [-0.2, 0) is 99.7 Å². The highest BCUT2D eigenvalue weighted by Gasteiger charge is 2.48. The standard InChI is InChI=1S/2C23H20N2O8P2S4.C23H19NO8P2S4/c24-15-3-12-21(33-22(27)2-1-13-31-25(29)30)20(14-15)23(28)32-17-6-10-19(11-7-17)35(37)38-34(36,39-35)18-8-4-16(26)5-9-18;24-15-3-12-20(21(14-15)33-22(27)2-1-13-31-25(29)30)23(28)32-17-6-10-19(11-7-17)35(37)38-34(36,39-35)18-8-4-16(26)5-9-18;25-16-7-11-18(12-8-16)33(35)37-34(36,38-33)19-13-9-17(10-14-19)31-23(27)20-4-1-2-5-21(20)32-22(26)6-3-15-30-24(28)29/h2*3-12,14,26H,1-2,13,24H2;1-2,4-5,7-14,25H,3,6,15H2. The number of nitrogens with zero attached hydrogens (tertiary/aromatic N) is 3. The molecule has 3 aliphatic rings. The first-order chi connectivity index (χ1) is 55.0. The van der Waals surface area contributed by atoms with Crippen molar-refractivity contribution in [3.05, 3.63) is 253 Å². The lowest BCUT2D eigenvalue weighted by Gasteiger charge is -2.40. The maximum absolute atomic E-state index is 12.9. The van der Waals surface area contributed by atoms with Crippen molar-refractivity contribution in [2.24, 2.45) is 0 Å². The third-order valence-electron chi connectivity index (χ3n) is 15.3. The van der Waals surface area contributed by atoms with Crippen molar-refractivity contribution in [1.29, 1.82) is 0 Å². The number of aromatic hydroxyl groups is 3. The Hall–Kier alpha value is -7.60. The Morgan fingerprint density at radius 3 is 0.905 bits per heavy atom. The molecule has 0 radical (unpaired) electrons. The molecule has 12 rings (SSSR count). The molecule has 116 heavy (non-hydrogen) atoms. The quantitative estimate of drug-likeness (QED) is 0.00531. The van der Waals surface area contributed by atoms with E-state index in [-0.39, 0.29) is 132 Å². The highest BCUT2D eigenvalue weighted by atomic mass is 33.7. The van der Waals surface area contributed by atoms with Gasteiger partial charge in [-0.2, -0.15) is 0 Å². The molecular weight excluding hydrogens is 1850 g/mol. The molecular formula is C69H59N5O24P6S12. The van der Waals surface area contributed by atoms with E-state index in [1.54, 1.807) is 151 Å². The second-order valence-electron chi connectivity index (χ2n) is 23.6. The van der Waals surface area contributed by atoms with E-state index in [2.05, 4.69) is 14.5 Å². The van der Waals surface area contributed by atoms with Crippen molar-refractivity contribution >= 4 is 243 Å². The van der Waals surface area contributed by atoms with Gasteiger partial charge >= 0.3 is 35.8 Å². The lowest BCUT2D eigenvalue weighted by molar-refractivity contribution is -0.757. The van der Waals surface area contributed by atoms with E-state index in [1.807, 2.05) is 72.8 Å². The number of para-hydroxylation sites is 1. The molecule has 0 aliphatic carbocycles. The molecule has 0 unspecified atom stereocenters. The molecule has 0 saturated carbocycles. The van der Waals surface area contributed by atoms with Crippen LogP contribution in [0.5, 0.6) is 51.7 Å². The highest BCUT2D eigenvalue weighted by Crippen LogP contribution is 3.05. The third kappa shape index (κ3) is 24.8. The molecule has 3 fully saturated rings. The monoisotopic (exact) mass is 1910 g/mol. The van der Waals surface area contributed by atoms with Crippen molar-refractivity contribution in [2.75, 3.05) is 31.3 Å². The molecule has 7 N–H and O–H groups in total. The van der Waals surface area contributed by atoms with E-state index in [1.165, 1.54) is 48.5 Å². The molecule has 0 spiro atoms. The maximum atomic E-state index is 12.9. The summed E-state index contributed by atoms with van der Waals surface area (Å²) in [7, 11) is 0. The summed E-state index contributed by atoms with van der Waals surface area (Å²) in [6.45, 7) is -0.759. The predicted octanol–water partition coefficient (Wildman–Crippen LogP) is 15.8. The van der Waals surface area contributed by atoms with Gasteiger partial charge in [-0.05, 0) is 207 Å². The van der Waals surface area contributed by atoms with E-state index in [0.29, 0.717) is 5.75 Å². The van der Waals surface area contributed by atoms with E-state index in [0.717, 1.165) is 31.8 Å². The zero-order valence-electron chi connectivity index (χ0n) is 59.0. The summed E-state index contributed by atoms with van der Waals surface area (Å²) >= 11 is 45.4. The van der Waals surface area contributed by atoms with Gasteiger partial charge in [-0.1, -0.05) is 149 Å². The molecule has 47 heteroatoms. The molecule has 29 nitrogen and oxygen atoms in total. The molecule has 3 saturated heterocycles. The van der Waals surface area contributed by atoms with Crippen LogP contribution >= 0.6 is 92.7 Å². The number of phenolic OH excluding ortho intramolecular Hbond substituents is 3. The van der Waals surface area contributed by atoms with Crippen molar-refractivity contribution in [2.45, 2.75) is 38.5 Å². The largest absolute Gasteiger partial charge is 0.508 e. The number of nitrogens with two attached hydrogens (primary N) is 2. The molecule has 3 heterocycles. The third-order valence-corrected chi connectivity index (χ3v) is 109. The molecule has 9 aromatic rings. The average molecular weight is 1910 g/mol. The van der Waals surface area contributed by atoms with Crippen LogP contribution in [0.1, 0.15) is 69.6 Å². The smallest absolute Gasteiger partial charge is 0.347 e. The minimum atomic E-state index is -2.02. The first-order valence-electron chi connectivity index (χ1n) is 33.1. The lowest BCUT2D eigenvalue weighted by Crippen LogP contribution is -2.15. The first-order valence-corrected chi connectivity index (χ1v) is 62.1. The molecule has 9 aromatic carbocycles. The Bertz CT molecular complexity index is 5540. The topological polar surface area (TPSA) is 428 Å². The van der Waals surface area contributed by atoms with Gasteiger partial charge < -0.3 is 69.7 Å². The van der Waals surface area contributed by atoms with Gasteiger partial charge in [0, 0.05) is 68.5 Å². The minimum Gasteiger partial charge on any atom is -0.508 e. The summed E-state index contributed by atoms with van der Waals surface area (Å²) in [6, 6.07) is 56.1. The molecule has 0 aromatic heterocycles. The SMILES string of the molecule is Nc1ccc(C(=O)Oc2ccc(P3(=S)SP(=S)(c4ccc(O)cc4)S3)cc2)c(OC(=O)CCCO[N+](=O)[O-])c1.Nc1ccc(OC(=O)CCCO[N+](=O)[O-])c(C(=O)Oc2ccc(P3(=S)SP(=S)(c4ccc(O)cc4)S3)cc2)c1.O=C(CCCO[N+](=O)[O-])Oc1ccccc1C(=O)Oc1ccc(P2(=S)SP(=S)(c3ccc(O)cc3)S2)cc1. The Balaban J connectivity index is 0.000000184. The number of ether oxygens (including phenoxy) is 6. The van der Waals surface area contributed by atoms with Crippen LogP contribution in [-0.4, -0.2) is 86.2 Å². The number of hydrogen-bond donors (Lipinski definition) is 5. The Morgan fingerprint density at radius 1 is 0.328 bits per heavy atom. The normalized spacial score (nSPS) is 20.0. The lowest BCUT2D eigenvalue weighted by atomic mass is 10.1. The number of rotatable bonds is 30. The zero-order chi connectivity index (χ0) is 83.8. The van der Waals surface area contributed by atoms with Crippen LogP contribution in [0.4, 0.5) is 11.4 Å². The van der Waals surface area contributed by atoms with Gasteiger partial charge in [0.15, 0.2) is 0 Å². The highest BCUT2D eigenvalue weighted by molar-refractivity contribution is 9.49. The van der Waals surface area contributed by atoms with Crippen molar-refractivity contribution in [3.8, 4) is 51.7 Å². The number of phenols is 3. The number of anilines is 2. The number of benzene rings is 9. The van der Waals surface area contributed by atoms with Crippen LogP contribution in [0.15, 0.2) is 206 Å². The maximum Gasteiger partial charge on any atom is 0.347 e. The van der Waals surface area contributed by atoms with Crippen LogP contribution in [0, 0.1) is 30.3 Å². The molecule has 0 amide bonds. The average Bonchev–Trinajstić information content (AvgIpc) is 0.740. The van der Waals surface area contributed by atoms with Crippen molar-refractivity contribution in [1.82, 2.24) is 0 Å². The number of carbonyl (C=O) groups excluding carboxylic acids is 6. The van der Waals surface area contributed by atoms with Gasteiger partial charge in [-0.15, -0.1) is 30.3 Å². The number of esters is 6. The van der Waals surface area contributed by atoms with Crippen molar-refractivity contribution < 1.29 is 102 Å². The van der Waals surface area contributed by atoms with E-state index < -0.39 is 77.7 Å². The second kappa shape index (κ2) is 40.4. The van der Waals surface area contributed by atoms with Crippen molar-refractivity contribution in [3.63, 3.8) is 0 Å². The van der Waals surface area contributed by atoms with Gasteiger partial charge in [0.05, 0.1) is 46.5 Å². The fourth-order valence-electron chi connectivity index (χ4n) is 9.82. The minimum absolute atomic E-state index is 0.0184. The number of hydrogen-bond acceptors (Lipinski definition) is 38. The summed E-state index contributed by atoms with van der Waals surface area (Å²) in [6.07, 6.45) is -0.236. The summed E-state index contributed by atoms with van der Waals surface area (Å²) in [5, 5.41) is 62.2. The van der Waals surface area contributed by atoms with E-state index in [4.69, 9.17) is 111 Å². The van der Waals surface area contributed by atoms with E-state index >= 15 is 0 Å². The molecule has 0 atom stereocenters. The zero-order valence-corrected chi connectivity index (χ0v) is 74.2. The second-order valence-corrected chi connectivity index (χ2v) is 87.4.